The number of ether oxygens (including phenoxy) is 1. The molecule has 0 amide bonds. The number of rotatable bonds is 7. The summed E-state index contributed by atoms with van der Waals surface area (Å²) in [4.78, 5) is 0. The Kier molecular flexibility index (Phi) is 7.30. The molecule has 1 aromatic rings. The van der Waals surface area contributed by atoms with Gasteiger partial charge in [-0.05, 0) is 85.6 Å². The first-order chi connectivity index (χ1) is 15.6. The standard InChI is InChI=1S/C31H34O/c1-4-19-32-30-18-17-29-21-28(26-11-6-5-7-12-26)16-15-27(31(29)22-30)14-13-25-10-8-9-23(2)24(3)20-25/h5-7,9-12,16-18,20-21,31H,4,8,13-14,19,22H2,1-3H3. The molecule has 1 nitrogen and oxygen atoms in total. The highest BCUT2D eigenvalue weighted by molar-refractivity contribution is 5.77. The van der Waals surface area contributed by atoms with E-state index in [2.05, 4.69) is 99.4 Å². The summed E-state index contributed by atoms with van der Waals surface area (Å²) in [6.07, 6.45) is 21.1. The van der Waals surface area contributed by atoms with Gasteiger partial charge in [-0.15, -0.1) is 5.73 Å². The summed E-state index contributed by atoms with van der Waals surface area (Å²) in [5.74, 6) is 1.43. The van der Waals surface area contributed by atoms with Crippen LogP contribution in [0, 0.1) is 5.92 Å². The first kappa shape index (κ1) is 22.2. The lowest BCUT2D eigenvalue weighted by Crippen LogP contribution is -2.12. The van der Waals surface area contributed by atoms with Gasteiger partial charge in [0.15, 0.2) is 0 Å². The third-order valence-corrected chi connectivity index (χ3v) is 6.53. The molecule has 32 heavy (non-hydrogen) atoms. The van der Waals surface area contributed by atoms with E-state index in [-0.39, 0.29) is 0 Å². The van der Waals surface area contributed by atoms with Crippen LogP contribution in [0.1, 0.15) is 58.4 Å². The average Bonchev–Trinajstić information content (AvgIpc) is 3.10. The Morgan fingerprint density at radius 2 is 1.81 bits per heavy atom. The average molecular weight is 423 g/mol. The van der Waals surface area contributed by atoms with Crippen LogP contribution < -0.4 is 0 Å². The Bertz CT molecular complexity index is 1090. The van der Waals surface area contributed by atoms with Crippen molar-refractivity contribution in [3.8, 4) is 0 Å². The fourth-order valence-corrected chi connectivity index (χ4v) is 4.49. The normalized spacial score (nSPS) is 20.3. The van der Waals surface area contributed by atoms with E-state index in [0.29, 0.717) is 5.92 Å². The predicted octanol–water partition coefficient (Wildman–Crippen LogP) is 8.42. The number of benzene rings is 1. The summed E-state index contributed by atoms with van der Waals surface area (Å²) in [5, 5.41) is 0. The molecule has 0 bridgehead atoms. The molecule has 0 saturated heterocycles. The Hall–Kier alpha value is -3.02. The molecule has 0 aliphatic heterocycles. The molecular weight excluding hydrogens is 388 g/mol. The van der Waals surface area contributed by atoms with E-state index < -0.39 is 0 Å². The van der Waals surface area contributed by atoms with Crippen molar-refractivity contribution in [3.05, 3.63) is 118 Å². The van der Waals surface area contributed by atoms with Gasteiger partial charge in [0.2, 0.25) is 0 Å². The quantitative estimate of drug-likeness (QED) is 0.401. The summed E-state index contributed by atoms with van der Waals surface area (Å²) in [6, 6.07) is 10.6. The minimum Gasteiger partial charge on any atom is -0.498 e. The van der Waals surface area contributed by atoms with Crippen LogP contribution in [0.4, 0.5) is 0 Å². The van der Waals surface area contributed by atoms with E-state index in [0.717, 1.165) is 44.5 Å². The van der Waals surface area contributed by atoms with Crippen molar-refractivity contribution in [1.29, 1.82) is 0 Å². The van der Waals surface area contributed by atoms with Crippen LogP contribution in [-0.2, 0) is 4.74 Å². The third-order valence-electron chi connectivity index (χ3n) is 6.53. The molecule has 0 aromatic heterocycles. The van der Waals surface area contributed by atoms with Crippen molar-refractivity contribution < 1.29 is 4.74 Å². The Morgan fingerprint density at radius 1 is 0.969 bits per heavy atom. The Morgan fingerprint density at radius 3 is 2.62 bits per heavy atom. The second-order valence-electron chi connectivity index (χ2n) is 8.91. The zero-order valence-electron chi connectivity index (χ0n) is 19.7. The van der Waals surface area contributed by atoms with Gasteiger partial charge in [-0.1, -0.05) is 72.7 Å². The Labute approximate surface area is 193 Å². The fourth-order valence-electron chi connectivity index (χ4n) is 4.49. The van der Waals surface area contributed by atoms with E-state index in [1.807, 2.05) is 0 Å². The SMILES string of the molecule is CCCOC1=CC=C2C=C(c3ccccc3)C=C=C(CCC3=CCC=C(C)C(C)=C3)C2C1. The smallest absolute Gasteiger partial charge is 0.0969 e. The number of allylic oxidation sites excluding steroid dienone is 13. The van der Waals surface area contributed by atoms with Gasteiger partial charge in [0, 0.05) is 12.3 Å². The molecule has 0 radical (unpaired) electrons. The zero-order valence-corrected chi connectivity index (χ0v) is 19.7. The molecule has 0 fully saturated rings. The van der Waals surface area contributed by atoms with Gasteiger partial charge < -0.3 is 4.74 Å². The van der Waals surface area contributed by atoms with Crippen molar-refractivity contribution in [2.75, 3.05) is 6.61 Å². The number of hydrogen-bond donors (Lipinski definition) is 0. The second-order valence-corrected chi connectivity index (χ2v) is 8.91. The first-order valence-electron chi connectivity index (χ1n) is 11.9. The summed E-state index contributed by atoms with van der Waals surface area (Å²) in [5.41, 5.74) is 13.1. The van der Waals surface area contributed by atoms with Gasteiger partial charge in [0.05, 0.1) is 12.4 Å². The van der Waals surface area contributed by atoms with Crippen molar-refractivity contribution in [2.24, 2.45) is 5.92 Å². The fraction of sp³-hybridized carbons (Fsp3) is 0.323. The van der Waals surface area contributed by atoms with Crippen LogP contribution in [0.5, 0.6) is 0 Å². The molecule has 1 aromatic carbocycles. The highest BCUT2D eigenvalue weighted by atomic mass is 16.5. The molecule has 4 rings (SSSR count). The van der Waals surface area contributed by atoms with Crippen LogP contribution in [-0.4, -0.2) is 6.61 Å². The molecule has 1 unspecified atom stereocenters. The lowest BCUT2D eigenvalue weighted by Gasteiger charge is -2.25. The maximum Gasteiger partial charge on any atom is 0.0969 e. The topological polar surface area (TPSA) is 9.23 Å². The van der Waals surface area contributed by atoms with Crippen molar-refractivity contribution in [1.82, 2.24) is 0 Å². The summed E-state index contributed by atoms with van der Waals surface area (Å²) in [7, 11) is 0. The molecule has 3 aliphatic carbocycles. The van der Waals surface area contributed by atoms with E-state index in [9.17, 15) is 0 Å². The van der Waals surface area contributed by atoms with Crippen LogP contribution in [0.2, 0.25) is 0 Å². The van der Waals surface area contributed by atoms with Gasteiger partial charge in [0.25, 0.3) is 0 Å². The van der Waals surface area contributed by atoms with Crippen molar-refractivity contribution in [3.63, 3.8) is 0 Å². The highest BCUT2D eigenvalue weighted by Gasteiger charge is 2.25. The summed E-state index contributed by atoms with van der Waals surface area (Å²) >= 11 is 0. The highest BCUT2D eigenvalue weighted by Crippen LogP contribution is 2.38. The van der Waals surface area contributed by atoms with Crippen molar-refractivity contribution in [2.45, 2.75) is 52.9 Å². The second kappa shape index (κ2) is 10.5. The van der Waals surface area contributed by atoms with E-state index >= 15 is 0 Å². The molecule has 1 heteroatoms. The van der Waals surface area contributed by atoms with E-state index in [4.69, 9.17) is 4.74 Å². The maximum atomic E-state index is 6.04. The molecule has 0 spiro atoms. The summed E-state index contributed by atoms with van der Waals surface area (Å²) < 4.78 is 6.04. The van der Waals surface area contributed by atoms with E-state index in [1.165, 1.54) is 39.0 Å². The lowest BCUT2D eigenvalue weighted by atomic mass is 9.82. The molecular formula is C31H34O. The molecule has 1 atom stereocenters. The van der Waals surface area contributed by atoms with Gasteiger partial charge in [0.1, 0.15) is 0 Å². The van der Waals surface area contributed by atoms with Crippen LogP contribution >= 0.6 is 0 Å². The lowest BCUT2D eigenvalue weighted by molar-refractivity contribution is 0.196. The third kappa shape index (κ3) is 5.42. The first-order valence-corrected chi connectivity index (χ1v) is 11.9. The molecule has 3 aliphatic rings. The van der Waals surface area contributed by atoms with Crippen LogP contribution in [0.15, 0.2) is 112 Å². The molecule has 0 heterocycles. The molecule has 0 N–H and O–H groups in total. The minimum absolute atomic E-state index is 0.334. The predicted molar refractivity (Wildman–Crippen MR) is 136 cm³/mol. The Balaban J connectivity index is 1.62. The molecule has 0 saturated carbocycles. The monoisotopic (exact) mass is 422 g/mol. The molecule has 164 valence electrons. The number of fused-ring (bicyclic) bond motifs is 1. The largest absolute Gasteiger partial charge is 0.498 e. The zero-order chi connectivity index (χ0) is 22.3. The number of hydrogen-bond acceptors (Lipinski definition) is 1. The van der Waals surface area contributed by atoms with Crippen molar-refractivity contribution >= 4 is 5.57 Å². The maximum absolute atomic E-state index is 6.04. The minimum atomic E-state index is 0.334. The summed E-state index contributed by atoms with van der Waals surface area (Å²) in [6.45, 7) is 7.37. The van der Waals surface area contributed by atoms with Crippen LogP contribution in [0.25, 0.3) is 5.57 Å². The van der Waals surface area contributed by atoms with Crippen LogP contribution in [0.3, 0.4) is 0 Å². The van der Waals surface area contributed by atoms with Gasteiger partial charge in [-0.2, -0.15) is 0 Å². The van der Waals surface area contributed by atoms with Gasteiger partial charge in [-0.25, -0.2) is 0 Å². The van der Waals surface area contributed by atoms with Gasteiger partial charge in [-0.3, -0.25) is 0 Å². The van der Waals surface area contributed by atoms with E-state index in [1.54, 1.807) is 0 Å². The van der Waals surface area contributed by atoms with Gasteiger partial charge >= 0.3 is 0 Å².